The Balaban J connectivity index is 1.67. The summed E-state index contributed by atoms with van der Waals surface area (Å²) in [7, 11) is -6.23. The number of nitrogens with zero attached hydrogens (tertiary/aromatic N) is 2. The minimum atomic E-state index is -3.94. The molecule has 0 unspecified atom stereocenters. The van der Waals surface area contributed by atoms with Crippen LogP contribution in [-0.4, -0.2) is 88.7 Å². The van der Waals surface area contributed by atoms with Crippen LogP contribution in [0.5, 0.6) is 5.75 Å². The Labute approximate surface area is 285 Å². The van der Waals surface area contributed by atoms with Gasteiger partial charge in [-0.3, -0.25) is 9.52 Å². The first-order chi connectivity index (χ1) is 22.7. The molecule has 3 aromatic carbocycles. The summed E-state index contributed by atoms with van der Waals surface area (Å²) in [6.45, 7) is 7.62. The number of aliphatic hydroxyl groups is 1. The summed E-state index contributed by atoms with van der Waals surface area (Å²) < 4.78 is 69.5. The third kappa shape index (κ3) is 9.35. The molecule has 0 bridgehead atoms. The van der Waals surface area contributed by atoms with Crippen LogP contribution in [0.2, 0.25) is 0 Å². The number of anilines is 1. The number of aliphatic hydroxyl groups excluding tert-OH is 1. The number of fused-ring (bicyclic) bond motifs is 1. The van der Waals surface area contributed by atoms with Crippen molar-refractivity contribution in [3.63, 3.8) is 0 Å². The molecule has 1 aliphatic rings. The predicted molar refractivity (Wildman–Crippen MR) is 185 cm³/mol. The number of benzene rings is 3. The standard InChI is InChI=1S/C35H47N3O8S2/c1-25-14-17-31(18-15-25)48(43,44)37(5)23-34-26(2)22-38(27(3)24-39)35(40)32-21-29(36-47(41,42)30-12-7-6-8-13-30)16-19-33(32)46-28(4)11-9-10-20-45-34/h6-8,12-19,21,26-28,34,36,39H,9-11,20,22-24H2,1-5H3/t26-,27-,28+,34-/m0/s1. The SMILES string of the molecule is Cc1ccc(S(=O)(=O)N(C)C[C@@H]2OCCCC[C@@H](C)Oc3ccc(NS(=O)(=O)c4ccccc4)cc3C(=O)N([C@@H](C)CO)C[C@@H]2C)cc1. The second-order valence-corrected chi connectivity index (χ2v) is 16.3. The molecule has 0 aromatic heterocycles. The van der Waals surface area contributed by atoms with Crippen molar-refractivity contribution in [2.24, 2.45) is 5.92 Å². The van der Waals surface area contributed by atoms with E-state index in [0.717, 1.165) is 12.0 Å². The number of hydrogen-bond donors (Lipinski definition) is 2. The van der Waals surface area contributed by atoms with Crippen LogP contribution in [0.3, 0.4) is 0 Å². The summed E-state index contributed by atoms with van der Waals surface area (Å²) in [5.41, 5.74) is 1.26. The van der Waals surface area contributed by atoms with Gasteiger partial charge in [-0.25, -0.2) is 16.8 Å². The van der Waals surface area contributed by atoms with Gasteiger partial charge in [0.25, 0.3) is 15.9 Å². The first-order valence-corrected chi connectivity index (χ1v) is 19.1. The molecule has 1 amide bonds. The molecule has 4 atom stereocenters. The number of carbonyl (C=O) groups excluding carboxylic acids is 1. The molecular formula is C35H47N3O8S2. The third-order valence-electron chi connectivity index (χ3n) is 8.52. The van der Waals surface area contributed by atoms with Crippen LogP contribution in [0, 0.1) is 12.8 Å². The summed E-state index contributed by atoms with van der Waals surface area (Å²) in [5.74, 6) is -0.529. The van der Waals surface area contributed by atoms with E-state index in [1.807, 2.05) is 20.8 Å². The smallest absolute Gasteiger partial charge is 0.261 e. The van der Waals surface area contributed by atoms with Gasteiger partial charge in [0.05, 0.1) is 40.2 Å². The first kappa shape index (κ1) is 37.3. The summed E-state index contributed by atoms with van der Waals surface area (Å²) in [4.78, 5) is 16.1. The number of nitrogens with one attached hydrogen (secondary N) is 1. The van der Waals surface area contributed by atoms with Gasteiger partial charge in [-0.2, -0.15) is 4.31 Å². The van der Waals surface area contributed by atoms with Crippen molar-refractivity contribution in [1.82, 2.24) is 9.21 Å². The fraction of sp³-hybridized carbons (Fsp3) is 0.457. The van der Waals surface area contributed by atoms with E-state index in [1.54, 1.807) is 61.5 Å². The molecule has 0 fully saturated rings. The topological polar surface area (TPSA) is 143 Å². The van der Waals surface area contributed by atoms with Crippen molar-refractivity contribution in [2.45, 2.75) is 75.0 Å². The quantitative estimate of drug-likeness (QED) is 0.321. The van der Waals surface area contributed by atoms with E-state index in [2.05, 4.69) is 4.72 Å². The van der Waals surface area contributed by atoms with Gasteiger partial charge in [-0.15, -0.1) is 0 Å². The second kappa shape index (κ2) is 16.3. The van der Waals surface area contributed by atoms with Gasteiger partial charge in [0.15, 0.2) is 0 Å². The fourth-order valence-corrected chi connectivity index (χ4v) is 7.76. The van der Waals surface area contributed by atoms with Crippen molar-refractivity contribution in [3.05, 3.63) is 83.9 Å². The molecule has 48 heavy (non-hydrogen) atoms. The molecule has 11 nitrogen and oxygen atoms in total. The molecule has 2 N–H and O–H groups in total. The maximum atomic E-state index is 14.4. The molecule has 0 radical (unpaired) electrons. The van der Waals surface area contributed by atoms with Gasteiger partial charge in [0.1, 0.15) is 5.75 Å². The number of amides is 1. The van der Waals surface area contributed by atoms with Crippen molar-refractivity contribution in [1.29, 1.82) is 0 Å². The Morgan fingerprint density at radius 1 is 0.979 bits per heavy atom. The predicted octanol–water partition coefficient (Wildman–Crippen LogP) is 4.91. The van der Waals surface area contributed by atoms with Gasteiger partial charge < -0.3 is 19.5 Å². The first-order valence-electron chi connectivity index (χ1n) is 16.2. The largest absolute Gasteiger partial charge is 0.490 e. The van der Waals surface area contributed by atoms with Crippen LogP contribution in [-0.2, 0) is 24.8 Å². The Hall–Kier alpha value is -3.49. The average Bonchev–Trinajstić information content (AvgIpc) is 3.06. The number of likely N-dealkylation sites (N-methyl/N-ethyl adjacent to an activating group) is 1. The van der Waals surface area contributed by atoms with Crippen LogP contribution >= 0.6 is 0 Å². The molecule has 4 rings (SSSR count). The zero-order valence-corrected chi connectivity index (χ0v) is 29.8. The van der Waals surface area contributed by atoms with E-state index in [9.17, 15) is 26.7 Å². The average molecular weight is 702 g/mol. The van der Waals surface area contributed by atoms with E-state index < -0.39 is 38.1 Å². The van der Waals surface area contributed by atoms with Crippen molar-refractivity contribution in [2.75, 3.05) is 38.1 Å². The molecule has 262 valence electrons. The minimum absolute atomic E-state index is 0.0500. The van der Waals surface area contributed by atoms with Crippen LogP contribution < -0.4 is 9.46 Å². The molecule has 0 saturated carbocycles. The highest BCUT2D eigenvalue weighted by atomic mass is 32.2. The number of ether oxygens (including phenoxy) is 2. The molecule has 1 heterocycles. The second-order valence-electron chi connectivity index (χ2n) is 12.5. The van der Waals surface area contributed by atoms with Crippen LogP contribution in [0.15, 0.2) is 82.6 Å². The van der Waals surface area contributed by atoms with Gasteiger partial charge in [0, 0.05) is 38.3 Å². The highest BCUT2D eigenvalue weighted by Gasteiger charge is 2.32. The third-order valence-corrected chi connectivity index (χ3v) is 11.8. The number of rotatable bonds is 9. The molecule has 1 aliphatic heterocycles. The van der Waals surface area contributed by atoms with E-state index >= 15 is 0 Å². The molecule has 13 heteroatoms. The Morgan fingerprint density at radius 3 is 2.33 bits per heavy atom. The summed E-state index contributed by atoms with van der Waals surface area (Å²) >= 11 is 0. The lowest BCUT2D eigenvalue weighted by atomic mass is 10.0. The number of aryl methyl sites for hydroxylation is 1. The minimum Gasteiger partial charge on any atom is -0.490 e. The number of carbonyl (C=O) groups is 1. The monoisotopic (exact) mass is 701 g/mol. The van der Waals surface area contributed by atoms with E-state index in [-0.39, 0.29) is 52.8 Å². The number of sulfonamides is 2. The van der Waals surface area contributed by atoms with Crippen LogP contribution in [0.4, 0.5) is 5.69 Å². The van der Waals surface area contributed by atoms with Gasteiger partial charge in [-0.1, -0.05) is 42.8 Å². The lowest BCUT2D eigenvalue weighted by Crippen LogP contribution is -2.48. The molecular weight excluding hydrogens is 655 g/mol. The summed E-state index contributed by atoms with van der Waals surface area (Å²) in [6, 6.07) is 18.6. The zero-order valence-electron chi connectivity index (χ0n) is 28.2. The van der Waals surface area contributed by atoms with E-state index in [0.29, 0.717) is 25.2 Å². The maximum Gasteiger partial charge on any atom is 0.261 e. The summed E-state index contributed by atoms with van der Waals surface area (Å²) in [5, 5.41) is 10.2. The fourth-order valence-electron chi connectivity index (χ4n) is 5.50. The highest BCUT2D eigenvalue weighted by Crippen LogP contribution is 2.30. The lowest BCUT2D eigenvalue weighted by molar-refractivity contribution is -0.00833. The maximum absolute atomic E-state index is 14.4. The number of hydrogen-bond acceptors (Lipinski definition) is 8. The van der Waals surface area contributed by atoms with Gasteiger partial charge >= 0.3 is 0 Å². The van der Waals surface area contributed by atoms with Crippen molar-refractivity contribution in [3.8, 4) is 5.75 Å². The zero-order chi connectivity index (χ0) is 35.1. The molecule has 0 spiro atoms. The van der Waals surface area contributed by atoms with Crippen LogP contribution in [0.1, 0.15) is 56.0 Å². The van der Waals surface area contributed by atoms with Gasteiger partial charge in [0.2, 0.25) is 10.0 Å². The molecule has 3 aromatic rings. The Morgan fingerprint density at radius 2 is 1.67 bits per heavy atom. The van der Waals surface area contributed by atoms with Crippen LogP contribution in [0.25, 0.3) is 0 Å². The Kier molecular flexibility index (Phi) is 12.7. The molecule has 0 saturated heterocycles. The van der Waals surface area contributed by atoms with Crippen molar-refractivity contribution < 1.29 is 36.2 Å². The highest BCUT2D eigenvalue weighted by molar-refractivity contribution is 7.92. The summed E-state index contributed by atoms with van der Waals surface area (Å²) in [6.07, 6.45) is 1.31. The molecule has 0 aliphatic carbocycles. The van der Waals surface area contributed by atoms with E-state index in [1.165, 1.54) is 34.5 Å². The van der Waals surface area contributed by atoms with E-state index in [4.69, 9.17) is 9.47 Å². The van der Waals surface area contributed by atoms with Gasteiger partial charge in [-0.05, 0) is 82.5 Å². The van der Waals surface area contributed by atoms with Crippen molar-refractivity contribution >= 4 is 31.6 Å². The normalized spacial score (nSPS) is 20.8. The lowest BCUT2D eigenvalue weighted by Gasteiger charge is -2.35. The Bertz CT molecular complexity index is 1740.